The molecule has 1 aliphatic heterocycles. The van der Waals surface area contributed by atoms with Gasteiger partial charge in [0.15, 0.2) is 0 Å². The number of thioether (sulfide) groups is 1. The van der Waals surface area contributed by atoms with Gasteiger partial charge in [-0.15, -0.1) is 24.2 Å². The van der Waals surface area contributed by atoms with Crippen LogP contribution in [0.2, 0.25) is 0 Å². The molecule has 1 unspecified atom stereocenters. The number of benzene rings is 2. The van der Waals surface area contributed by atoms with Crippen LogP contribution in [0.1, 0.15) is 18.4 Å². The van der Waals surface area contributed by atoms with Gasteiger partial charge in [0, 0.05) is 29.9 Å². The van der Waals surface area contributed by atoms with Crippen LogP contribution in [0.5, 0.6) is 0 Å². The SMILES string of the molecule is CC(Sc1ccccc1)C(=O)N1C[C@@H](N)[C@H](c2ccccc2)C1.Cl. The molecule has 2 N–H and O–H groups in total. The van der Waals surface area contributed by atoms with Crippen LogP contribution < -0.4 is 5.73 Å². The van der Waals surface area contributed by atoms with Crippen molar-refractivity contribution in [3.05, 3.63) is 66.2 Å². The highest BCUT2D eigenvalue weighted by atomic mass is 35.5. The minimum Gasteiger partial charge on any atom is -0.339 e. The Morgan fingerprint density at radius 2 is 1.67 bits per heavy atom. The maximum atomic E-state index is 12.7. The zero-order chi connectivity index (χ0) is 16.2. The fraction of sp³-hybridized carbons (Fsp3) is 0.316. The minimum atomic E-state index is -0.0980. The molecule has 0 radical (unpaired) electrons. The van der Waals surface area contributed by atoms with E-state index in [1.165, 1.54) is 5.56 Å². The molecule has 1 amide bonds. The van der Waals surface area contributed by atoms with Crippen LogP contribution in [0.25, 0.3) is 0 Å². The predicted octanol–water partition coefficient (Wildman–Crippen LogP) is 3.54. The summed E-state index contributed by atoms with van der Waals surface area (Å²) >= 11 is 1.60. The standard InChI is InChI=1S/C19H22N2OS.ClH/c1-14(23-16-10-6-3-7-11-16)19(22)21-12-17(18(20)13-21)15-8-4-2-5-9-15;/h2-11,14,17-18H,12-13,20H2,1H3;1H/t14?,17-,18+;/m0./s1. The summed E-state index contributed by atoms with van der Waals surface area (Å²) in [5.41, 5.74) is 7.51. The highest BCUT2D eigenvalue weighted by Crippen LogP contribution is 2.30. The minimum absolute atomic E-state index is 0. The van der Waals surface area contributed by atoms with Crippen molar-refractivity contribution in [1.29, 1.82) is 0 Å². The van der Waals surface area contributed by atoms with Gasteiger partial charge in [-0.2, -0.15) is 0 Å². The third-order valence-corrected chi connectivity index (χ3v) is 5.41. The monoisotopic (exact) mass is 362 g/mol. The number of amides is 1. The second-order valence-corrected chi connectivity index (χ2v) is 7.41. The molecule has 0 saturated carbocycles. The summed E-state index contributed by atoms with van der Waals surface area (Å²) in [5.74, 6) is 0.404. The van der Waals surface area contributed by atoms with Crippen molar-refractivity contribution in [2.75, 3.05) is 13.1 Å². The molecule has 3 nitrogen and oxygen atoms in total. The van der Waals surface area contributed by atoms with Crippen LogP contribution in [-0.2, 0) is 4.79 Å². The predicted molar refractivity (Wildman–Crippen MR) is 103 cm³/mol. The molecular weight excluding hydrogens is 340 g/mol. The molecule has 3 rings (SSSR count). The summed E-state index contributed by atoms with van der Waals surface area (Å²) in [6.07, 6.45) is 0. The van der Waals surface area contributed by atoms with Crippen LogP contribution >= 0.6 is 24.2 Å². The van der Waals surface area contributed by atoms with Gasteiger partial charge in [0.2, 0.25) is 5.91 Å². The first-order valence-electron chi connectivity index (χ1n) is 7.96. The number of likely N-dealkylation sites (tertiary alicyclic amines) is 1. The van der Waals surface area contributed by atoms with Crippen molar-refractivity contribution in [3.63, 3.8) is 0 Å². The van der Waals surface area contributed by atoms with Gasteiger partial charge in [-0.25, -0.2) is 0 Å². The highest BCUT2D eigenvalue weighted by Gasteiger charge is 2.35. The molecule has 0 aliphatic carbocycles. The molecule has 2 aromatic rings. The number of carbonyl (C=O) groups is 1. The number of halogens is 1. The molecule has 0 spiro atoms. The molecule has 1 heterocycles. The van der Waals surface area contributed by atoms with Crippen LogP contribution in [-0.4, -0.2) is 35.2 Å². The number of rotatable bonds is 4. The summed E-state index contributed by atoms with van der Waals surface area (Å²) < 4.78 is 0. The summed E-state index contributed by atoms with van der Waals surface area (Å²) in [7, 11) is 0. The van der Waals surface area contributed by atoms with Crippen molar-refractivity contribution < 1.29 is 4.79 Å². The Kier molecular flexibility index (Phi) is 6.72. The van der Waals surface area contributed by atoms with Gasteiger partial charge < -0.3 is 10.6 Å². The van der Waals surface area contributed by atoms with E-state index in [1.54, 1.807) is 11.8 Å². The smallest absolute Gasteiger partial charge is 0.235 e. The molecule has 24 heavy (non-hydrogen) atoms. The lowest BCUT2D eigenvalue weighted by atomic mass is 9.95. The topological polar surface area (TPSA) is 46.3 Å². The fourth-order valence-electron chi connectivity index (χ4n) is 3.07. The van der Waals surface area contributed by atoms with Crippen molar-refractivity contribution in [2.45, 2.75) is 29.0 Å². The van der Waals surface area contributed by atoms with Crippen LogP contribution in [0, 0.1) is 0 Å². The first kappa shape index (κ1) is 18.8. The van der Waals surface area contributed by atoms with Crippen molar-refractivity contribution in [1.82, 2.24) is 4.90 Å². The van der Waals surface area contributed by atoms with Crippen LogP contribution in [0.3, 0.4) is 0 Å². The quantitative estimate of drug-likeness (QED) is 0.846. The summed E-state index contributed by atoms with van der Waals surface area (Å²) in [6.45, 7) is 3.32. The van der Waals surface area contributed by atoms with E-state index in [0.29, 0.717) is 13.1 Å². The lowest BCUT2D eigenvalue weighted by Gasteiger charge is -2.20. The Morgan fingerprint density at radius 3 is 2.29 bits per heavy atom. The average molecular weight is 363 g/mol. The van der Waals surface area contributed by atoms with Gasteiger partial charge in [0.05, 0.1) is 5.25 Å². The third kappa shape index (κ3) is 4.32. The molecule has 1 fully saturated rings. The van der Waals surface area contributed by atoms with E-state index in [2.05, 4.69) is 12.1 Å². The zero-order valence-corrected chi connectivity index (χ0v) is 15.3. The Balaban J connectivity index is 0.00000208. The number of hydrogen-bond acceptors (Lipinski definition) is 3. The van der Waals surface area contributed by atoms with E-state index in [4.69, 9.17) is 5.73 Å². The van der Waals surface area contributed by atoms with E-state index in [-0.39, 0.29) is 35.5 Å². The first-order chi connectivity index (χ1) is 11.1. The van der Waals surface area contributed by atoms with E-state index >= 15 is 0 Å². The molecular formula is C19H23ClN2OS. The summed E-state index contributed by atoms with van der Waals surface area (Å²) in [6, 6.07) is 20.3. The zero-order valence-electron chi connectivity index (χ0n) is 13.7. The molecule has 0 bridgehead atoms. The maximum absolute atomic E-state index is 12.7. The molecule has 0 aromatic heterocycles. The second-order valence-electron chi connectivity index (χ2n) is 6.00. The second kappa shape index (κ2) is 8.56. The molecule has 128 valence electrons. The number of carbonyl (C=O) groups excluding carboxylic acids is 1. The molecule has 3 atom stereocenters. The third-order valence-electron chi connectivity index (χ3n) is 4.31. The Labute approximate surface area is 154 Å². The highest BCUT2D eigenvalue weighted by molar-refractivity contribution is 8.00. The number of nitrogens with two attached hydrogens (primary N) is 1. The van der Waals surface area contributed by atoms with Crippen molar-refractivity contribution in [3.8, 4) is 0 Å². The lowest BCUT2D eigenvalue weighted by molar-refractivity contribution is -0.129. The van der Waals surface area contributed by atoms with E-state index in [0.717, 1.165) is 4.90 Å². The van der Waals surface area contributed by atoms with Crippen molar-refractivity contribution >= 4 is 30.1 Å². The lowest BCUT2D eigenvalue weighted by Crippen LogP contribution is -2.36. The molecule has 1 saturated heterocycles. The molecule has 2 aromatic carbocycles. The van der Waals surface area contributed by atoms with Gasteiger partial charge in [-0.1, -0.05) is 48.5 Å². The number of nitrogens with zero attached hydrogens (tertiary/aromatic N) is 1. The fourth-order valence-corrected chi connectivity index (χ4v) is 4.04. The van der Waals surface area contributed by atoms with Gasteiger partial charge in [-0.05, 0) is 24.6 Å². The normalized spacial score (nSPS) is 21.2. The number of hydrogen-bond donors (Lipinski definition) is 1. The van der Waals surface area contributed by atoms with Crippen LogP contribution in [0.4, 0.5) is 0 Å². The Hall–Kier alpha value is -1.49. The molecule has 5 heteroatoms. The molecule has 1 aliphatic rings. The average Bonchev–Trinajstić information content (AvgIpc) is 2.97. The van der Waals surface area contributed by atoms with Gasteiger partial charge in [0.25, 0.3) is 0 Å². The van der Waals surface area contributed by atoms with E-state index < -0.39 is 0 Å². The van der Waals surface area contributed by atoms with Gasteiger partial charge >= 0.3 is 0 Å². The van der Waals surface area contributed by atoms with Gasteiger partial charge in [-0.3, -0.25) is 4.79 Å². The van der Waals surface area contributed by atoms with E-state index in [9.17, 15) is 4.79 Å². The van der Waals surface area contributed by atoms with E-state index in [1.807, 2.05) is 60.4 Å². The summed E-state index contributed by atoms with van der Waals surface area (Å²) in [5, 5.41) is -0.0980. The van der Waals surface area contributed by atoms with Gasteiger partial charge in [0.1, 0.15) is 0 Å². The first-order valence-corrected chi connectivity index (χ1v) is 8.84. The maximum Gasteiger partial charge on any atom is 0.235 e. The largest absolute Gasteiger partial charge is 0.339 e. The summed E-state index contributed by atoms with van der Waals surface area (Å²) in [4.78, 5) is 15.8. The Morgan fingerprint density at radius 1 is 1.08 bits per heavy atom. The van der Waals surface area contributed by atoms with Crippen LogP contribution in [0.15, 0.2) is 65.6 Å². The van der Waals surface area contributed by atoms with Crippen molar-refractivity contribution in [2.24, 2.45) is 5.73 Å². The Bertz CT molecular complexity index is 653.